The van der Waals surface area contributed by atoms with Crippen LogP contribution in [0.2, 0.25) is 0 Å². The molecule has 0 aliphatic heterocycles. The average Bonchev–Trinajstić information content (AvgIpc) is 1.95. The molecule has 7 N–H and O–H groups in total. The molecule has 8 nitrogen and oxygen atoms in total. The summed E-state index contributed by atoms with van der Waals surface area (Å²) in [5.74, 6) is 0. The van der Waals surface area contributed by atoms with Gasteiger partial charge < -0.3 is 31.8 Å². The molecular formula is C4H14NNaO7P2Zn. The summed E-state index contributed by atoms with van der Waals surface area (Å²) in [6.45, 7) is -0.0394. The Bertz CT molecular complexity index is 274. The van der Waals surface area contributed by atoms with Gasteiger partial charge in [-0.1, -0.05) is 0 Å². The molecule has 0 rings (SSSR count). The van der Waals surface area contributed by atoms with Gasteiger partial charge in [-0.3, -0.25) is 9.13 Å². The molecule has 0 saturated heterocycles. The van der Waals surface area contributed by atoms with E-state index in [1.54, 1.807) is 0 Å². The topological polar surface area (TPSA) is 161 Å². The number of aliphatic hydroxyl groups is 1. The third-order valence-corrected chi connectivity index (χ3v) is 5.53. The van der Waals surface area contributed by atoms with Crippen LogP contribution in [-0.2, 0) is 28.6 Å². The van der Waals surface area contributed by atoms with Gasteiger partial charge in [0.05, 0.1) is 0 Å². The van der Waals surface area contributed by atoms with E-state index in [-0.39, 0.29) is 63.4 Å². The van der Waals surface area contributed by atoms with E-state index in [0.29, 0.717) is 0 Å². The zero-order chi connectivity index (χ0) is 11.6. The van der Waals surface area contributed by atoms with E-state index < -0.39 is 26.7 Å². The average molecular weight is 338 g/mol. The molecule has 16 heavy (non-hydrogen) atoms. The molecule has 90 valence electrons. The summed E-state index contributed by atoms with van der Waals surface area (Å²) < 4.78 is 21.4. The molecule has 0 unspecified atom stereocenters. The van der Waals surface area contributed by atoms with Gasteiger partial charge in [0.1, 0.15) is 0 Å². The zero-order valence-corrected chi connectivity index (χ0v) is 15.6. The molecule has 0 fully saturated rings. The Morgan fingerprint density at radius 1 is 1.12 bits per heavy atom. The minimum absolute atomic E-state index is 0. The first-order valence-electron chi connectivity index (χ1n) is 3.60. The number of nitrogens with two attached hydrogens (primary N) is 1. The maximum absolute atomic E-state index is 10.7. The van der Waals surface area contributed by atoms with Crippen molar-refractivity contribution in [3.05, 3.63) is 0 Å². The molecule has 0 aromatic rings. The van der Waals surface area contributed by atoms with Crippen molar-refractivity contribution in [1.82, 2.24) is 0 Å². The molecule has 0 aliphatic carbocycles. The predicted molar refractivity (Wildman–Crippen MR) is 48.4 cm³/mol. The molecule has 0 bridgehead atoms. The van der Waals surface area contributed by atoms with Crippen molar-refractivity contribution in [3.63, 3.8) is 0 Å². The third-order valence-electron chi connectivity index (χ3n) is 1.65. The minimum Gasteiger partial charge on any atom is -1.00 e. The second-order valence-electron chi connectivity index (χ2n) is 2.75. The van der Waals surface area contributed by atoms with E-state index >= 15 is 0 Å². The molecular weight excluding hydrogens is 324 g/mol. The Morgan fingerprint density at radius 3 is 1.62 bits per heavy atom. The maximum atomic E-state index is 10.7. The van der Waals surface area contributed by atoms with Crippen molar-refractivity contribution in [1.29, 1.82) is 0 Å². The Kier molecular flexibility index (Phi) is 11.6. The van der Waals surface area contributed by atoms with E-state index in [1.807, 2.05) is 0 Å². The number of hydrogen-bond acceptors (Lipinski definition) is 4. The maximum Gasteiger partial charge on any atom is 1.00 e. The summed E-state index contributed by atoms with van der Waals surface area (Å²) in [7, 11) is -10.6. The quantitative estimate of drug-likeness (QED) is 0.217. The molecule has 0 atom stereocenters. The van der Waals surface area contributed by atoms with Gasteiger partial charge in [0, 0.05) is 25.9 Å². The van der Waals surface area contributed by atoms with Gasteiger partial charge >= 0.3 is 44.7 Å². The van der Waals surface area contributed by atoms with Gasteiger partial charge in [0.15, 0.2) is 0 Å². The van der Waals surface area contributed by atoms with Crippen molar-refractivity contribution >= 4 is 15.2 Å². The molecule has 0 aromatic heterocycles. The first-order valence-corrected chi connectivity index (χ1v) is 6.82. The van der Waals surface area contributed by atoms with Gasteiger partial charge in [-0.05, 0) is 13.0 Å². The molecule has 0 amide bonds. The van der Waals surface area contributed by atoms with Crippen LogP contribution in [0.15, 0.2) is 0 Å². The van der Waals surface area contributed by atoms with Crippen LogP contribution < -0.4 is 35.3 Å². The van der Waals surface area contributed by atoms with Crippen molar-refractivity contribution < 1.29 is 84.3 Å². The Morgan fingerprint density at radius 2 is 1.44 bits per heavy atom. The van der Waals surface area contributed by atoms with Crippen LogP contribution in [0.5, 0.6) is 0 Å². The van der Waals surface area contributed by atoms with E-state index in [1.165, 1.54) is 0 Å². The van der Waals surface area contributed by atoms with Crippen molar-refractivity contribution in [2.24, 2.45) is 5.73 Å². The second-order valence-corrected chi connectivity index (χ2v) is 6.76. The van der Waals surface area contributed by atoms with E-state index in [0.717, 1.165) is 0 Å². The summed E-state index contributed by atoms with van der Waals surface area (Å²) in [5.41, 5.74) is 5.01. The van der Waals surface area contributed by atoms with Crippen LogP contribution in [0, 0.1) is 0 Å². The van der Waals surface area contributed by atoms with Crippen LogP contribution in [0.1, 0.15) is 14.3 Å². The van der Waals surface area contributed by atoms with Crippen LogP contribution in [0.25, 0.3) is 0 Å². The number of hydrogen-bond donors (Lipinski definition) is 6. The summed E-state index contributed by atoms with van der Waals surface area (Å²) in [6, 6.07) is 0. The largest absolute Gasteiger partial charge is 1.00 e. The van der Waals surface area contributed by atoms with Gasteiger partial charge in [0.25, 0.3) is 5.08 Å². The molecule has 0 aromatic carbocycles. The minimum atomic E-state index is -5.30. The molecule has 0 saturated carbocycles. The summed E-state index contributed by atoms with van der Waals surface area (Å²) in [4.78, 5) is 34.5. The fourth-order valence-electron chi connectivity index (χ4n) is 0.800. The van der Waals surface area contributed by atoms with E-state index in [2.05, 4.69) is 0 Å². The van der Waals surface area contributed by atoms with Crippen LogP contribution in [-0.4, -0.2) is 36.3 Å². The van der Waals surface area contributed by atoms with Crippen molar-refractivity contribution in [2.75, 3.05) is 6.54 Å². The van der Waals surface area contributed by atoms with Crippen LogP contribution >= 0.6 is 15.2 Å². The molecule has 0 radical (unpaired) electrons. The smallest absolute Gasteiger partial charge is 1.00 e. The standard InChI is InChI=1S/C4H13NO7P2.Na.Zn.H/c5-3-1-2-4(6,13(7,8)9)14(10,11)12;;;/h6H,1-3,5H2,(H2,7,8,9)(H2,10,11,12);;;/q;+1;;-1. The zero-order valence-electron chi connectivity index (χ0n) is 9.85. The van der Waals surface area contributed by atoms with Crippen LogP contribution in [0.3, 0.4) is 0 Å². The Balaban J connectivity index is -0.000000282. The van der Waals surface area contributed by atoms with Gasteiger partial charge in [0.2, 0.25) is 0 Å². The third kappa shape index (κ3) is 5.66. The molecule has 0 aliphatic rings. The summed E-state index contributed by atoms with van der Waals surface area (Å²) in [5, 5.41) is 5.91. The summed E-state index contributed by atoms with van der Waals surface area (Å²) in [6.07, 6.45) is -0.856. The van der Waals surface area contributed by atoms with Gasteiger partial charge in [-0.25, -0.2) is 0 Å². The van der Waals surface area contributed by atoms with Crippen LogP contribution in [0.4, 0.5) is 0 Å². The normalized spacial score (nSPS) is 12.6. The first-order chi connectivity index (χ1) is 6.06. The van der Waals surface area contributed by atoms with Gasteiger partial charge in [-0.2, -0.15) is 0 Å². The molecule has 12 heteroatoms. The van der Waals surface area contributed by atoms with E-state index in [9.17, 15) is 14.2 Å². The fraction of sp³-hybridized carbons (Fsp3) is 1.00. The first kappa shape index (κ1) is 23.0. The number of rotatable bonds is 5. The second kappa shape index (κ2) is 8.10. The van der Waals surface area contributed by atoms with Crippen molar-refractivity contribution in [2.45, 2.75) is 17.9 Å². The molecule has 0 spiro atoms. The van der Waals surface area contributed by atoms with Gasteiger partial charge in [-0.15, -0.1) is 0 Å². The molecule has 0 heterocycles. The Labute approximate surface area is 129 Å². The van der Waals surface area contributed by atoms with Crippen molar-refractivity contribution in [3.8, 4) is 0 Å². The summed E-state index contributed by atoms with van der Waals surface area (Å²) >= 11 is 0. The SMILES string of the molecule is NCCCC(O)(P(=O)(O)O)P(=O)(O)O.[H-].[Na+].[Zn]. The Hall–Kier alpha value is 1.84. The predicted octanol–water partition coefficient (Wildman–Crippen LogP) is -4.16. The monoisotopic (exact) mass is 337 g/mol. The van der Waals surface area contributed by atoms with E-state index in [4.69, 9.17) is 25.3 Å². The fourth-order valence-corrected chi connectivity index (χ4v) is 3.06.